The third-order valence-electron chi connectivity index (χ3n) is 3.90. The van der Waals surface area contributed by atoms with Gasteiger partial charge in [0, 0.05) is 25.5 Å². The Kier molecular flexibility index (Phi) is 5.03. The third kappa shape index (κ3) is 3.76. The maximum atomic E-state index is 12.4. The molecule has 1 fully saturated rings. The molecule has 1 aromatic carbocycles. The van der Waals surface area contributed by atoms with E-state index < -0.39 is 0 Å². The molecule has 1 aliphatic rings. The molecule has 23 heavy (non-hydrogen) atoms. The van der Waals surface area contributed by atoms with E-state index in [-0.39, 0.29) is 12.0 Å². The van der Waals surface area contributed by atoms with Gasteiger partial charge < -0.3 is 9.64 Å². The van der Waals surface area contributed by atoms with Gasteiger partial charge in [0.05, 0.1) is 24.2 Å². The van der Waals surface area contributed by atoms with Gasteiger partial charge >= 0.3 is 0 Å². The van der Waals surface area contributed by atoms with Crippen LogP contribution in [0.4, 0.5) is 0 Å². The number of nitrogens with zero attached hydrogens (tertiary/aromatic N) is 3. The highest BCUT2D eigenvalue weighted by Gasteiger charge is 2.21. The van der Waals surface area contributed by atoms with E-state index in [9.17, 15) is 4.79 Å². The number of aromatic nitrogens is 2. The average molecular weight is 331 g/mol. The molecule has 0 aliphatic carbocycles. The predicted octanol–water partition coefficient (Wildman–Crippen LogP) is 2.52. The summed E-state index contributed by atoms with van der Waals surface area (Å²) in [7, 11) is 0. The molecule has 0 spiro atoms. The second-order valence-corrected chi connectivity index (χ2v) is 6.62. The quantitative estimate of drug-likeness (QED) is 0.808. The number of aryl methyl sites for hydroxylation is 1. The fourth-order valence-corrected chi connectivity index (χ4v) is 3.54. The number of amides is 1. The van der Waals surface area contributed by atoms with Crippen LogP contribution in [0.3, 0.4) is 0 Å². The van der Waals surface area contributed by atoms with Gasteiger partial charge in [0.1, 0.15) is 0 Å². The van der Waals surface area contributed by atoms with E-state index >= 15 is 0 Å². The van der Waals surface area contributed by atoms with E-state index in [1.54, 1.807) is 6.20 Å². The molecule has 0 radical (unpaired) electrons. The molecule has 3 rings (SSSR count). The van der Waals surface area contributed by atoms with Gasteiger partial charge in [-0.1, -0.05) is 30.0 Å². The van der Waals surface area contributed by atoms with Gasteiger partial charge in [-0.05, 0) is 25.5 Å². The van der Waals surface area contributed by atoms with Crippen LogP contribution in [0, 0.1) is 6.92 Å². The zero-order valence-corrected chi connectivity index (χ0v) is 14.3. The van der Waals surface area contributed by atoms with Crippen LogP contribution in [0.1, 0.15) is 12.5 Å². The number of hydrogen-bond donors (Lipinski definition) is 0. The van der Waals surface area contributed by atoms with Crippen molar-refractivity contribution >= 4 is 17.7 Å². The predicted molar refractivity (Wildman–Crippen MR) is 91.0 cm³/mol. The summed E-state index contributed by atoms with van der Waals surface area (Å²) < 4.78 is 7.52. The number of hydrogen-bond acceptors (Lipinski definition) is 4. The molecule has 2 aromatic rings. The molecule has 0 N–H and O–H groups in total. The largest absolute Gasteiger partial charge is 0.375 e. The van der Waals surface area contributed by atoms with E-state index in [1.807, 2.05) is 34.7 Å². The molecule has 1 aliphatic heterocycles. The van der Waals surface area contributed by atoms with Crippen LogP contribution in [-0.4, -0.2) is 51.9 Å². The molecule has 122 valence electrons. The number of thioether (sulfide) groups is 1. The molecular weight excluding hydrogens is 310 g/mol. The van der Waals surface area contributed by atoms with E-state index in [4.69, 9.17) is 4.74 Å². The Morgan fingerprint density at radius 1 is 1.43 bits per heavy atom. The number of rotatable bonds is 4. The standard InChI is InChI=1S/C17H21N3O2S/c1-13-5-3-4-6-15(13)20-8-7-18-17(20)23-12-16(21)19-9-10-22-14(2)11-19/h3-8,14H,9-12H2,1-2H3. The van der Waals surface area contributed by atoms with Crippen LogP contribution in [0.15, 0.2) is 41.8 Å². The maximum Gasteiger partial charge on any atom is 0.233 e. The van der Waals surface area contributed by atoms with Gasteiger partial charge in [0.25, 0.3) is 0 Å². The van der Waals surface area contributed by atoms with Gasteiger partial charge in [-0.3, -0.25) is 9.36 Å². The normalized spacial score (nSPS) is 18.2. The Labute approximate surface area is 140 Å². The van der Waals surface area contributed by atoms with E-state index in [0.29, 0.717) is 25.4 Å². The summed E-state index contributed by atoms with van der Waals surface area (Å²) in [6, 6.07) is 8.17. The summed E-state index contributed by atoms with van der Waals surface area (Å²) >= 11 is 1.48. The topological polar surface area (TPSA) is 47.4 Å². The van der Waals surface area contributed by atoms with E-state index in [0.717, 1.165) is 10.8 Å². The Hall–Kier alpha value is -1.79. The van der Waals surface area contributed by atoms with Crippen LogP contribution in [0.25, 0.3) is 5.69 Å². The van der Waals surface area contributed by atoms with Crippen molar-refractivity contribution in [3.63, 3.8) is 0 Å². The number of benzene rings is 1. The van der Waals surface area contributed by atoms with Gasteiger partial charge in [-0.25, -0.2) is 4.98 Å². The number of imidazole rings is 1. The lowest BCUT2D eigenvalue weighted by atomic mass is 10.2. The SMILES string of the molecule is Cc1ccccc1-n1ccnc1SCC(=O)N1CCOC(C)C1. The van der Waals surface area contributed by atoms with Crippen molar-refractivity contribution in [3.05, 3.63) is 42.2 Å². The molecule has 1 atom stereocenters. The number of para-hydroxylation sites is 1. The monoisotopic (exact) mass is 331 g/mol. The molecule has 1 saturated heterocycles. The lowest BCUT2D eigenvalue weighted by molar-refractivity contribution is -0.135. The molecule has 1 amide bonds. The summed E-state index contributed by atoms with van der Waals surface area (Å²) in [6.45, 7) is 6.04. The Morgan fingerprint density at radius 3 is 3.04 bits per heavy atom. The molecule has 2 heterocycles. The summed E-state index contributed by atoms with van der Waals surface area (Å²) in [5.74, 6) is 0.541. The number of morpholine rings is 1. The van der Waals surface area contributed by atoms with Gasteiger partial charge in [-0.2, -0.15) is 0 Å². The fraction of sp³-hybridized carbons (Fsp3) is 0.412. The molecular formula is C17H21N3O2S. The van der Waals surface area contributed by atoms with Crippen molar-refractivity contribution in [2.45, 2.75) is 25.1 Å². The molecule has 1 aromatic heterocycles. The highest BCUT2D eigenvalue weighted by atomic mass is 32.2. The highest BCUT2D eigenvalue weighted by molar-refractivity contribution is 7.99. The first kappa shape index (κ1) is 16.1. The summed E-state index contributed by atoms with van der Waals surface area (Å²) in [5, 5.41) is 0.842. The van der Waals surface area contributed by atoms with Crippen molar-refractivity contribution in [2.75, 3.05) is 25.4 Å². The van der Waals surface area contributed by atoms with Gasteiger partial charge in [-0.15, -0.1) is 0 Å². The van der Waals surface area contributed by atoms with Gasteiger partial charge in [0.2, 0.25) is 5.91 Å². The van der Waals surface area contributed by atoms with Crippen molar-refractivity contribution in [2.24, 2.45) is 0 Å². The average Bonchev–Trinajstić information content (AvgIpc) is 3.01. The number of carbonyl (C=O) groups is 1. The molecule has 0 saturated carbocycles. The Morgan fingerprint density at radius 2 is 2.26 bits per heavy atom. The highest BCUT2D eigenvalue weighted by Crippen LogP contribution is 2.23. The Bertz CT molecular complexity index is 686. The zero-order chi connectivity index (χ0) is 16.2. The minimum absolute atomic E-state index is 0.117. The van der Waals surface area contributed by atoms with Crippen LogP contribution >= 0.6 is 11.8 Å². The van der Waals surface area contributed by atoms with Crippen LogP contribution < -0.4 is 0 Å². The molecule has 6 heteroatoms. The number of ether oxygens (including phenoxy) is 1. The first-order valence-corrected chi connectivity index (χ1v) is 8.75. The number of carbonyl (C=O) groups excluding carboxylic acids is 1. The Balaban J connectivity index is 1.67. The molecule has 0 bridgehead atoms. The fourth-order valence-electron chi connectivity index (χ4n) is 2.68. The summed E-state index contributed by atoms with van der Waals surface area (Å²) in [6.07, 6.45) is 3.83. The van der Waals surface area contributed by atoms with Crippen molar-refractivity contribution < 1.29 is 9.53 Å². The maximum absolute atomic E-state index is 12.4. The van der Waals surface area contributed by atoms with Crippen LogP contribution in [-0.2, 0) is 9.53 Å². The second-order valence-electron chi connectivity index (χ2n) is 5.68. The minimum atomic E-state index is 0.117. The van der Waals surface area contributed by atoms with E-state index in [1.165, 1.54) is 17.3 Å². The first-order chi connectivity index (χ1) is 11.1. The van der Waals surface area contributed by atoms with Gasteiger partial charge in [0.15, 0.2) is 5.16 Å². The van der Waals surface area contributed by atoms with Crippen LogP contribution in [0.2, 0.25) is 0 Å². The lowest BCUT2D eigenvalue weighted by Crippen LogP contribution is -2.45. The second kappa shape index (κ2) is 7.19. The lowest BCUT2D eigenvalue weighted by Gasteiger charge is -2.31. The van der Waals surface area contributed by atoms with Crippen LogP contribution in [0.5, 0.6) is 0 Å². The first-order valence-electron chi connectivity index (χ1n) is 7.76. The minimum Gasteiger partial charge on any atom is -0.375 e. The summed E-state index contributed by atoms with van der Waals surface area (Å²) in [4.78, 5) is 18.6. The smallest absolute Gasteiger partial charge is 0.233 e. The molecule has 1 unspecified atom stereocenters. The van der Waals surface area contributed by atoms with Crippen molar-refractivity contribution in [1.29, 1.82) is 0 Å². The molecule has 5 nitrogen and oxygen atoms in total. The summed E-state index contributed by atoms with van der Waals surface area (Å²) in [5.41, 5.74) is 2.28. The van der Waals surface area contributed by atoms with E-state index in [2.05, 4.69) is 24.0 Å². The zero-order valence-electron chi connectivity index (χ0n) is 13.4. The van der Waals surface area contributed by atoms with Crippen molar-refractivity contribution in [1.82, 2.24) is 14.5 Å². The third-order valence-corrected chi connectivity index (χ3v) is 4.85. The van der Waals surface area contributed by atoms with Crippen molar-refractivity contribution in [3.8, 4) is 5.69 Å².